The molecule has 0 radical (unpaired) electrons. The SMILES string of the molecule is O=[N+]([O-])c1ccccc1CSc1nnc(-c2ccco2)o1. The Bertz CT molecular complexity index is 754. The van der Waals surface area contributed by atoms with Gasteiger partial charge in [-0.2, -0.15) is 0 Å². The lowest BCUT2D eigenvalue weighted by Gasteiger charge is -1.99. The molecule has 0 atom stereocenters. The van der Waals surface area contributed by atoms with E-state index in [1.54, 1.807) is 30.3 Å². The summed E-state index contributed by atoms with van der Waals surface area (Å²) in [6.45, 7) is 0. The summed E-state index contributed by atoms with van der Waals surface area (Å²) in [6.07, 6.45) is 1.51. The first-order valence-corrected chi connectivity index (χ1v) is 6.95. The Hall–Kier alpha value is -2.61. The van der Waals surface area contributed by atoms with Gasteiger partial charge in [0.25, 0.3) is 16.8 Å². The zero-order valence-electron chi connectivity index (χ0n) is 10.6. The van der Waals surface area contributed by atoms with Crippen molar-refractivity contribution in [3.8, 4) is 11.7 Å². The average molecular weight is 303 g/mol. The monoisotopic (exact) mass is 303 g/mol. The van der Waals surface area contributed by atoms with Gasteiger partial charge in [0.15, 0.2) is 5.76 Å². The zero-order chi connectivity index (χ0) is 14.7. The molecular weight excluding hydrogens is 294 g/mol. The van der Waals surface area contributed by atoms with E-state index < -0.39 is 4.92 Å². The van der Waals surface area contributed by atoms with Crippen molar-refractivity contribution in [2.24, 2.45) is 0 Å². The summed E-state index contributed by atoms with van der Waals surface area (Å²) in [5.74, 6) is 1.14. The molecule has 0 aliphatic rings. The van der Waals surface area contributed by atoms with Crippen molar-refractivity contribution in [1.82, 2.24) is 10.2 Å². The lowest BCUT2D eigenvalue weighted by Crippen LogP contribution is -1.93. The van der Waals surface area contributed by atoms with Gasteiger partial charge in [0.1, 0.15) is 0 Å². The van der Waals surface area contributed by atoms with Gasteiger partial charge in [-0.15, -0.1) is 10.2 Å². The van der Waals surface area contributed by atoms with Gasteiger partial charge in [-0.05, 0) is 12.1 Å². The Labute approximate surface area is 123 Å². The zero-order valence-corrected chi connectivity index (χ0v) is 11.4. The highest BCUT2D eigenvalue weighted by Crippen LogP contribution is 2.29. The highest BCUT2D eigenvalue weighted by atomic mass is 32.2. The number of hydrogen-bond acceptors (Lipinski definition) is 7. The van der Waals surface area contributed by atoms with Crippen molar-refractivity contribution in [2.75, 3.05) is 0 Å². The molecule has 2 heterocycles. The number of nitro groups is 1. The summed E-state index contributed by atoms with van der Waals surface area (Å²) < 4.78 is 10.6. The number of para-hydroxylation sites is 1. The van der Waals surface area contributed by atoms with Gasteiger partial charge < -0.3 is 8.83 Å². The maximum absolute atomic E-state index is 10.9. The van der Waals surface area contributed by atoms with Crippen LogP contribution >= 0.6 is 11.8 Å². The number of thioether (sulfide) groups is 1. The van der Waals surface area contributed by atoms with Crippen LogP contribution < -0.4 is 0 Å². The molecule has 106 valence electrons. The summed E-state index contributed by atoms with van der Waals surface area (Å²) in [7, 11) is 0. The largest absolute Gasteiger partial charge is 0.459 e. The molecule has 0 saturated heterocycles. The number of benzene rings is 1. The Balaban J connectivity index is 1.73. The van der Waals surface area contributed by atoms with Crippen LogP contribution in [0.5, 0.6) is 0 Å². The molecule has 3 rings (SSSR count). The van der Waals surface area contributed by atoms with Crippen molar-refractivity contribution in [1.29, 1.82) is 0 Å². The van der Waals surface area contributed by atoms with E-state index in [9.17, 15) is 10.1 Å². The van der Waals surface area contributed by atoms with Crippen LogP contribution in [0.1, 0.15) is 5.56 Å². The topological polar surface area (TPSA) is 95.2 Å². The van der Waals surface area contributed by atoms with E-state index >= 15 is 0 Å². The molecule has 0 amide bonds. The fraction of sp³-hybridized carbons (Fsp3) is 0.0769. The average Bonchev–Trinajstić information content (AvgIpc) is 3.16. The van der Waals surface area contributed by atoms with Gasteiger partial charge in [-0.25, -0.2) is 0 Å². The second-order valence-electron chi connectivity index (χ2n) is 4.02. The Morgan fingerprint density at radius 1 is 1.19 bits per heavy atom. The van der Waals surface area contributed by atoms with E-state index in [-0.39, 0.29) is 11.6 Å². The summed E-state index contributed by atoms with van der Waals surface area (Å²) in [5.41, 5.74) is 0.682. The normalized spacial score (nSPS) is 10.7. The molecule has 0 fully saturated rings. The summed E-state index contributed by atoms with van der Waals surface area (Å²) in [5, 5.41) is 19.0. The fourth-order valence-electron chi connectivity index (χ4n) is 1.72. The molecular formula is C13H9N3O4S. The minimum atomic E-state index is -0.405. The maximum atomic E-state index is 10.9. The third-order valence-electron chi connectivity index (χ3n) is 2.68. The van der Waals surface area contributed by atoms with E-state index in [0.29, 0.717) is 22.3 Å². The van der Waals surface area contributed by atoms with Crippen LogP contribution in [0.3, 0.4) is 0 Å². The Morgan fingerprint density at radius 3 is 2.81 bits per heavy atom. The minimum absolute atomic E-state index is 0.0794. The molecule has 0 aliphatic heterocycles. The van der Waals surface area contributed by atoms with Gasteiger partial charge in [0.2, 0.25) is 0 Å². The quantitative estimate of drug-likeness (QED) is 0.404. The molecule has 1 aromatic carbocycles. The molecule has 3 aromatic rings. The lowest BCUT2D eigenvalue weighted by molar-refractivity contribution is -0.385. The standard InChI is InChI=1S/C13H9N3O4S/c17-16(18)10-5-2-1-4-9(10)8-21-13-15-14-12(20-13)11-6-3-7-19-11/h1-7H,8H2. The van der Waals surface area contributed by atoms with E-state index in [4.69, 9.17) is 8.83 Å². The van der Waals surface area contributed by atoms with Crippen LogP contribution in [-0.2, 0) is 5.75 Å². The van der Waals surface area contributed by atoms with Gasteiger partial charge in [-0.3, -0.25) is 10.1 Å². The van der Waals surface area contributed by atoms with Crippen molar-refractivity contribution < 1.29 is 13.8 Å². The third-order valence-corrected chi connectivity index (χ3v) is 3.55. The molecule has 2 aromatic heterocycles. The van der Waals surface area contributed by atoms with Crippen molar-refractivity contribution >= 4 is 17.4 Å². The Kier molecular flexibility index (Phi) is 3.69. The minimum Gasteiger partial charge on any atom is -0.459 e. The van der Waals surface area contributed by atoms with E-state index in [0.717, 1.165) is 0 Å². The summed E-state index contributed by atoms with van der Waals surface area (Å²) in [6, 6.07) is 10.00. The number of nitro benzene ring substituents is 1. The number of nitrogens with zero attached hydrogens (tertiary/aromatic N) is 3. The first-order valence-electron chi connectivity index (χ1n) is 5.96. The number of hydrogen-bond donors (Lipinski definition) is 0. The van der Waals surface area contributed by atoms with Crippen molar-refractivity contribution in [2.45, 2.75) is 11.0 Å². The molecule has 0 N–H and O–H groups in total. The van der Waals surface area contributed by atoms with E-state index in [1.165, 1.54) is 24.1 Å². The highest BCUT2D eigenvalue weighted by Gasteiger charge is 2.15. The van der Waals surface area contributed by atoms with Crippen LogP contribution in [0.15, 0.2) is 56.7 Å². The van der Waals surface area contributed by atoms with Gasteiger partial charge in [-0.1, -0.05) is 30.0 Å². The van der Waals surface area contributed by atoms with Crippen LogP contribution in [0.25, 0.3) is 11.7 Å². The first kappa shape index (κ1) is 13.4. The molecule has 0 unspecified atom stereocenters. The van der Waals surface area contributed by atoms with Crippen LogP contribution in [0.4, 0.5) is 5.69 Å². The van der Waals surface area contributed by atoms with Crippen molar-refractivity contribution in [3.05, 3.63) is 58.3 Å². The molecule has 7 nitrogen and oxygen atoms in total. The predicted molar refractivity (Wildman–Crippen MR) is 74.7 cm³/mol. The number of aromatic nitrogens is 2. The molecule has 0 saturated carbocycles. The lowest BCUT2D eigenvalue weighted by atomic mass is 10.2. The fourth-order valence-corrected chi connectivity index (χ4v) is 2.48. The van der Waals surface area contributed by atoms with Crippen LogP contribution in [0, 0.1) is 10.1 Å². The van der Waals surface area contributed by atoms with Crippen LogP contribution in [0.2, 0.25) is 0 Å². The maximum Gasteiger partial charge on any atom is 0.284 e. The number of rotatable bonds is 5. The molecule has 0 bridgehead atoms. The molecule has 21 heavy (non-hydrogen) atoms. The second-order valence-corrected chi connectivity index (χ2v) is 4.95. The molecule has 8 heteroatoms. The van der Waals surface area contributed by atoms with Gasteiger partial charge >= 0.3 is 0 Å². The van der Waals surface area contributed by atoms with Gasteiger partial charge in [0, 0.05) is 17.4 Å². The number of furan rings is 1. The first-order chi connectivity index (χ1) is 10.2. The summed E-state index contributed by atoms with van der Waals surface area (Å²) in [4.78, 5) is 10.5. The molecule has 0 spiro atoms. The summed E-state index contributed by atoms with van der Waals surface area (Å²) >= 11 is 1.24. The molecule has 0 aliphatic carbocycles. The highest BCUT2D eigenvalue weighted by molar-refractivity contribution is 7.98. The smallest absolute Gasteiger partial charge is 0.284 e. The van der Waals surface area contributed by atoms with E-state index in [2.05, 4.69) is 10.2 Å². The van der Waals surface area contributed by atoms with Crippen molar-refractivity contribution in [3.63, 3.8) is 0 Å². The Morgan fingerprint density at radius 2 is 2.05 bits per heavy atom. The third kappa shape index (κ3) is 2.95. The van der Waals surface area contributed by atoms with Gasteiger partial charge in [0.05, 0.1) is 11.2 Å². The predicted octanol–water partition coefficient (Wildman–Crippen LogP) is 3.53. The second kappa shape index (κ2) is 5.80. The van der Waals surface area contributed by atoms with Crippen LogP contribution in [-0.4, -0.2) is 15.1 Å². The van der Waals surface area contributed by atoms with E-state index in [1.807, 2.05) is 0 Å².